The molecular formula is C21H21N5OS. The minimum atomic E-state index is -0.215. The maximum absolute atomic E-state index is 12.7. The van der Waals surface area contributed by atoms with Crippen molar-refractivity contribution in [2.75, 3.05) is 5.32 Å². The molecule has 6 nitrogen and oxygen atoms in total. The fraction of sp³-hybridized carbons (Fsp3) is 0.238. The van der Waals surface area contributed by atoms with E-state index in [0.29, 0.717) is 5.95 Å². The van der Waals surface area contributed by atoms with Crippen molar-refractivity contribution in [1.29, 1.82) is 0 Å². The molecule has 0 bridgehead atoms. The standard InChI is InChI=1S/C21H21N5OS/c1-21(2,3)26-17-9-5-4-8-16(17)24-20(26)25-18(27)11-15-13-28-19(23-15)14-7-6-10-22-12-14/h4-10,12-13H,11H2,1-3H3,(H,24,25,27). The van der Waals surface area contributed by atoms with Crippen molar-refractivity contribution in [1.82, 2.24) is 19.5 Å². The third-order valence-corrected chi connectivity index (χ3v) is 5.22. The molecule has 0 fully saturated rings. The fourth-order valence-corrected chi connectivity index (χ4v) is 3.94. The average Bonchev–Trinajstić information content (AvgIpc) is 3.26. The van der Waals surface area contributed by atoms with Gasteiger partial charge in [-0.2, -0.15) is 0 Å². The van der Waals surface area contributed by atoms with Gasteiger partial charge in [0.15, 0.2) is 0 Å². The summed E-state index contributed by atoms with van der Waals surface area (Å²) in [5.74, 6) is 0.422. The molecular weight excluding hydrogens is 370 g/mol. The smallest absolute Gasteiger partial charge is 0.232 e. The Bertz CT molecular complexity index is 1120. The maximum atomic E-state index is 12.7. The first-order chi connectivity index (χ1) is 13.4. The number of amides is 1. The summed E-state index contributed by atoms with van der Waals surface area (Å²) in [7, 11) is 0. The van der Waals surface area contributed by atoms with Crippen LogP contribution in [0.1, 0.15) is 26.5 Å². The highest BCUT2D eigenvalue weighted by molar-refractivity contribution is 7.13. The molecule has 3 heterocycles. The van der Waals surface area contributed by atoms with Crippen molar-refractivity contribution in [3.63, 3.8) is 0 Å². The normalized spacial score (nSPS) is 11.7. The summed E-state index contributed by atoms with van der Waals surface area (Å²) in [6.07, 6.45) is 3.70. The van der Waals surface area contributed by atoms with Crippen LogP contribution in [0.4, 0.5) is 5.95 Å². The van der Waals surface area contributed by atoms with Crippen molar-refractivity contribution < 1.29 is 4.79 Å². The van der Waals surface area contributed by atoms with Crippen LogP contribution in [0.3, 0.4) is 0 Å². The number of carbonyl (C=O) groups excluding carboxylic acids is 1. The Morgan fingerprint density at radius 2 is 1.96 bits per heavy atom. The summed E-state index contributed by atoms with van der Waals surface area (Å²) in [6.45, 7) is 6.28. The number of rotatable bonds is 4. The van der Waals surface area contributed by atoms with Crippen LogP contribution in [0.5, 0.6) is 0 Å². The van der Waals surface area contributed by atoms with Crippen LogP contribution in [0, 0.1) is 0 Å². The molecule has 1 aromatic carbocycles. The molecule has 0 aliphatic heterocycles. The first-order valence-electron chi connectivity index (χ1n) is 9.04. The van der Waals surface area contributed by atoms with Crippen LogP contribution in [0.2, 0.25) is 0 Å². The predicted octanol–water partition coefficient (Wildman–Crippen LogP) is 4.49. The van der Waals surface area contributed by atoms with E-state index >= 15 is 0 Å². The molecule has 0 saturated heterocycles. The van der Waals surface area contributed by atoms with Gasteiger partial charge >= 0.3 is 0 Å². The quantitative estimate of drug-likeness (QED) is 0.556. The van der Waals surface area contributed by atoms with Crippen molar-refractivity contribution in [3.8, 4) is 10.6 Å². The summed E-state index contributed by atoms with van der Waals surface area (Å²) in [5.41, 5.74) is 3.33. The highest BCUT2D eigenvalue weighted by Gasteiger charge is 2.22. The number of fused-ring (bicyclic) bond motifs is 1. The SMILES string of the molecule is CC(C)(C)n1c(NC(=O)Cc2csc(-c3cccnc3)n2)nc2ccccc21. The van der Waals surface area contributed by atoms with Crippen LogP contribution < -0.4 is 5.32 Å². The van der Waals surface area contributed by atoms with Crippen LogP contribution in [0.15, 0.2) is 54.2 Å². The molecule has 0 radical (unpaired) electrons. The van der Waals surface area contributed by atoms with E-state index in [1.807, 2.05) is 41.8 Å². The second-order valence-electron chi connectivity index (χ2n) is 7.54. The van der Waals surface area contributed by atoms with Gasteiger partial charge in [-0.25, -0.2) is 9.97 Å². The minimum absolute atomic E-state index is 0.135. The molecule has 7 heteroatoms. The van der Waals surface area contributed by atoms with Crippen molar-refractivity contribution in [3.05, 3.63) is 59.9 Å². The molecule has 0 atom stereocenters. The van der Waals surface area contributed by atoms with Crippen molar-refractivity contribution in [2.24, 2.45) is 0 Å². The number of para-hydroxylation sites is 2. The fourth-order valence-electron chi connectivity index (χ4n) is 3.13. The Balaban J connectivity index is 1.56. The molecule has 0 saturated carbocycles. The Hall–Kier alpha value is -3.06. The number of benzene rings is 1. The van der Waals surface area contributed by atoms with Crippen LogP contribution in [0.25, 0.3) is 21.6 Å². The number of nitrogens with one attached hydrogen (secondary N) is 1. The first kappa shape index (κ1) is 18.3. The summed E-state index contributed by atoms with van der Waals surface area (Å²) >= 11 is 1.51. The number of carbonyl (C=O) groups is 1. The lowest BCUT2D eigenvalue weighted by atomic mass is 10.1. The van der Waals surface area contributed by atoms with Crippen LogP contribution >= 0.6 is 11.3 Å². The highest BCUT2D eigenvalue weighted by Crippen LogP contribution is 2.28. The Morgan fingerprint density at radius 3 is 2.71 bits per heavy atom. The zero-order chi connectivity index (χ0) is 19.7. The lowest BCUT2D eigenvalue weighted by Gasteiger charge is -2.24. The first-order valence-corrected chi connectivity index (χ1v) is 9.92. The van der Waals surface area contributed by atoms with Gasteiger partial charge in [-0.1, -0.05) is 12.1 Å². The number of pyridine rings is 1. The Labute approximate surface area is 167 Å². The molecule has 28 heavy (non-hydrogen) atoms. The van der Waals surface area contributed by atoms with Gasteiger partial charge in [-0.3, -0.25) is 15.1 Å². The molecule has 0 spiro atoms. The molecule has 3 aromatic heterocycles. The Morgan fingerprint density at radius 1 is 1.14 bits per heavy atom. The van der Waals surface area contributed by atoms with Gasteiger partial charge in [0.1, 0.15) is 5.01 Å². The van der Waals surface area contributed by atoms with E-state index in [0.717, 1.165) is 27.3 Å². The third kappa shape index (κ3) is 3.66. The highest BCUT2D eigenvalue weighted by atomic mass is 32.1. The maximum Gasteiger partial charge on any atom is 0.232 e. The van der Waals surface area contributed by atoms with Crippen molar-refractivity contribution >= 4 is 34.2 Å². The number of imidazole rings is 1. The summed E-state index contributed by atoms with van der Waals surface area (Å²) in [6, 6.07) is 11.7. The molecule has 0 aliphatic rings. The van der Waals surface area contributed by atoms with Gasteiger partial charge in [0, 0.05) is 28.9 Å². The second kappa shape index (κ2) is 7.16. The van der Waals surface area contributed by atoms with Crippen LogP contribution in [-0.4, -0.2) is 25.4 Å². The van der Waals surface area contributed by atoms with Crippen molar-refractivity contribution in [2.45, 2.75) is 32.7 Å². The van der Waals surface area contributed by atoms with Gasteiger partial charge in [0.25, 0.3) is 0 Å². The van der Waals surface area contributed by atoms with E-state index in [1.165, 1.54) is 11.3 Å². The lowest BCUT2D eigenvalue weighted by Crippen LogP contribution is -2.26. The lowest BCUT2D eigenvalue weighted by molar-refractivity contribution is -0.115. The van der Waals surface area contributed by atoms with E-state index in [4.69, 9.17) is 0 Å². The van der Waals surface area contributed by atoms with Gasteiger partial charge < -0.3 is 4.57 Å². The number of hydrogen-bond donors (Lipinski definition) is 1. The van der Waals surface area contributed by atoms with E-state index < -0.39 is 0 Å². The monoisotopic (exact) mass is 391 g/mol. The van der Waals surface area contributed by atoms with Crippen LogP contribution in [-0.2, 0) is 16.8 Å². The predicted molar refractivity (Wildman–Crippen MR) is 112 cm³/mol. The third-order valence-electron chi connectivity index (χ3n) is 4.28. The zero-order valence-corrected chi connectivity index (χ0v) is 16.8. The topological polar surface area (TPSA) is 72.7 Å². The molecule has 4 aromatic rings. The number of nitrogens with zero attached hydrogens (tertiary/aromatic N) is 4. The van der Waals surface area contributed by atoms with Gasteiger partial charge in [0.05, 0.1) is 23.1 Å². The summed E-state index contributed by atoms with van der Waals surface area (Å²) in [5, 5.41) is 5.74. The zero-order valence-electron chi connectivity index (χ0n) is 16.0. The minimum Gasteiger partial charge on any atom is -0.305 e. The molecule has 0 unspecified atom stereocenters. The molecule has 0 aliphatic carbocycles. The number of anilines is 1. The molecule has 142 valence electrons. The van der Waals surface area contributed by atoms with E-state index in [-0.39, 0.29) is 17.9 Å². The second-order valence-corrected chi connectivity index (χ2v) is 8.40. The van der Waals surface area contributed by atoms with Gasteiger partial charge in [-0.15, -0.1) is 11.3 Å². The van der Waals surface area contributed by atoms with Gasteiger partial charge in [-0.05, 0) is 45.0 Å². The largest absolute Gasteiger partial charge is 0.305 e. The van der Waals surface area contributed by atoms with E-state index in [1.54, 1.807) is 12.4 Å². The van der Waals surface area contributed by atoms with E-state index in [9.17, 15) is 4.79 Å². The molecule has 1 N–H and O–H groups in total. The average molecular weight is 392 g/mol. The summed E-state index contributed by atoms with van der Waals surface area (Å²) < 4.78 is 2.06. The molecule has 4 rings (SSSR count). The Kier molecular flexibility index (Phi) is 4.68. The number of hydrogen-bond acceptors (Lipinski definition) is 5. The molecule has 1 amide bonds. The number of aromatic nitrogens is 4. The summed E-state index contributed by atoms with van der Waals surface area (Å²) in [4.78, 5) is 26.0. The number of thiazole rings is 1. The van der Waals surface area contributed by atoms with Gasteiger partial charge in [0.2, 0.25) is 11.9 Å². The van der Waals surface area contributed by atoms with E-state index in [2.05, 4.69) is 45.6 Å².